The van der Waals surface area contributed by atoms with E-state index in [9.17, 15) is 39.0 Å². The molecule has 12 heteroatoms. The number of carbonyl (C=O) groups is 6. The number of hydrogen-bond donors (Lipinski definition) is 0. The summed E-state index contributed by atoms with van der Waals surface area (Å²) in [6.45, 7) is 4.22. The molecule has 0 spiro atoms. The highest BCUT2D eigenvalue weighted by atomic mass is 33.1. The van der Waals surface area contributed by atoms with Gasteiger partial charge in [0.25, 0.3) is 0 Å². The molecule has 4 amide bonds. The number of aliphatic carboxylic acids is 2. The van der Waals surface area contributed by atoms with Gasteiger partial charge in [0.2, 0.25) is 23.6 Å². The molecule has 2 aliphatic rings. The van der Waals surface area contributed by atoms with Gasteiger partial charge in [-0.05, 0) is 25.7 Å². The zero-order valence-corrected chi connectivity index (χ0v) is 26.8. The minimum Gasteiger partial charge on any atom is -0.547 e. The molecule has 0 aromatic heterocycles. The first-order valence-corrected chi connectivity index (χ1v) is 17.7. The molecule has 2 unspecified atom stereocenters. The third kappa shape index (κ3) is 9.21. The van der Waals surface area contributed by atoms with E-state index < -0.39 is 45.3 Å². The van der Waals surface area contributed by atoms with Crippen molar-refractivity contribution in [2.45, 2.75) is 152 Å². The number of likely N-dealkylation sites (tertiary alicyclic amines) is 2. The molecule has 0 radical (unpaired) electrons. The number of nitrogens with zero attached hydrogens (tertiary/aromatic N) is 2. The molecule has 0 aromatic carbocycles. The van der Waals surface area contributed by atoms with E-state index in [0.717, 1.165) is 64.2 Å². The summed E-state index contributed by atoms with van der Waals surface area (Å²) in [5, 5.41) is 25.6. The lowest BCUT2D eigenvalue weighted by atomic mass is 10.0. The van der Waals surface area contributed by atoms with Crippen LogP contribution in [-0.2, 0) is 28.8 Å². The normalized spacial score (nSPS) is 18.5. The predicted octanol–water partition coefficient (Wildman–Crippen LogP) is 3.84. The third-order valence-corrected chi connectivity index (χ3v) is 11.7. The Morgan fingerprint density at radius 1 is 0.548 bits per heavy atom. The van der Waals surface area contributed by atoms with E-state index in [0.29, 0.717) is 57.1 Å². The molecule has 10 nitrogen and oxygen atoms in total. The molecule has 0 aliphatic carbocycles. The minimum atomic E-state index is -2.19. The van der Waals surface area contributed by atoms with Gasteiger partial charge in [0.15, 0.2) is 0 Å². The molecule has 2 atom stereocenters. The van der Waals surface area contributed by atoms with Crippen molar-refractivity contribution in [2.24, 2.45) is 0 Å². The maximum atomic E-state index is 12.8. The first kappa shape index (κ1) is 36.1. The number of unbranched alkanes of at least 4 members (excludes halogenated alkanes) is 12. The van der Waals surface area contributed by atoms with Crippen molar-refractivity contribution >= 4 is 57.2 Å². The van der Waals surface area contributed by atoms with Crippen LogP contribution in [0.4, 0.5) is 0 Å². The van der Waals surface area contributed by atoms with E-state index in [1.165, 1.54) is 0 Å². The number of rotatable bonds is 23. The summed E-state index contributed by atoms with van der Waals surface area (Å²) in [5.41, 5.74) is 0. The summed E-state index contributed by atoms with van der Waals surface area (Å²) in [7, 11) is 1.05. The Morgan fingerprint density at radius 2 is 0.810 bits per heavy atom. The molecule has 2 saturated heterocycles. The van der Waals surface area contributed by atoms with Gasteiger partial charge in [0.1, 0.15) is 9.74 Å². The summed E-state index contributed by atoms with van der Waals surface area (Å²) in [5.74, 6) is -6.03. The van der Waals surface area contributed by atoms with E-state index in [1.54, 1.807) is 0 Å². The number of hydrogen-bond acceptors (Lipinski definition) is 10. The largest absolute Gasteiger partial charge is 0.547 e. The van der Waals surface area contributed by atoms with Crippen LogP contribution < -0.4 is 10.2 Å². The fraction of sp³-hybridized carbons (Fsp3) is 0.800. The van der Waals surface area contributed by atoms with Crippen molar-refractivity contribution in [3.8, 4) is 0 Å². The van der Waals surface area contributed by atoms with Crippen molar-refractivity contribution in [2.75, 3.05) is 0 Å². The molecule has 0 aromatic rings. The van der Waals surface area contributed by atoms with E-state index in [1.807, 2.05) is 0 Å². The Kier molecular flexibility index (Phi) is 15.4. The van der Waals surface area contributed by atoms with Gasteiger partial charge in [-0.3, -0.25) is 29.0 Å². The van der Waals surface area contributed by atoms with E-state index >= 15 is 0 Å². The summed E-state index contributed by atoms with van der Waals surface area (Å²) in [6.07, 6.45) is 11.3. The predicted molar refractivity (Wildman–Crippen MR) is 158 cm³/mol. The molecule has 0 N–H and O–H groups in total. The molecular weight excluding hydrogens is 580 g/mol. The van der Waals surface area contributed by atoms with Gasteiger partial charge < -0.3 is 19.8 Å². The topological polar surface area (TPSA) is 155 Å². The number of imide groups is 2. The molecule has 42 heavy (non-hydrogen) atoms. The third-order valence-electron chi connectivity index (χ3n) is 8.02. The van der Waals surface area contributed by atoms with Gasteiger partial charge in [0, 0.05) is 25.7 Å². The summed E-state index contributed by atoms with van der Waals surface area (Å²) >= 11 is 0. The number of carboxylic acid groups (broad SMARTS) is 2. The molecule has 238 valence electrons. The quantitative estimate of drug-likeness (QED) is 0.0928. The molecule has 2 heterocycles. The number of carboxylic acids is 2. The number of carbonyl (C=O) groups excluding carboxylic acids is 6. The molecule has 0 bridgehead atoms. The van der Waals surface area contributed by atoms with Gasteiger partial charge in [-0.25, -0.2) is 0 Å². The smallest absolute Gasteiger partial charge is 0.231 e. The summed E-state index contributed by atoms with van der Waals surface area (Å²) < 4.78 is 0. The Bertz CT molecular complexity index is 869. The first-order chi connectivity index (χ1) is 20.1. The van der Waals surface area contributed by atoms with Crippen molar-refractivity contribution in [3.63, 3.8) is 0 Å². The molecule has 2 fully saturated rings. The average Bonchev–Trinajstić information content (AvgIpc) is 3.47. The fourth-order valence-electron chi connectivity index (χ4n) is 5.58. The second-order valence-electron chi connectivity index (χ2n) is 11.3. The lowest BCUT2D eigenvalue weighted by Gasteiger charge is -2.45. The highest BCUT2D eigenvalue weighted by Gasteiger charge is 2.53. The van der Waals surface area contributed by atoms with E-state index in [4.69, 9.17) is 0 Å². The van der Waals surface area contributed by atoms with Crippen LogP contribution in [0.15, 0.2) is 0 Å². The first-order valence-electron chi connectivity index (χ1n) is 15.6. The van der Waals surface area contributed by atoms with Gasteiger partial charge >= 0.3 is 0 Å². The van der Waals surface area contributed by atoms with E-state index in [-0.39, 0.29) is 38.5 Å². The highest BCUT2D eigenvalue weighted by molar-refractivity contribution is 8.78. The Morgan fingerprint density at radius 3 is 1.07 bits per heavy atom. The van der Waals surface area contributed by atoms with Crippen molar-refractivity contribution in [1.82, 2.24) is 9.80 Å². The van der Waals surface area contributed by atoms with Crippen LogP contribution in [0, 0.1) is 0 Å². The Hall–Kier alpha value is -2.08. The van der Waals surface area contributed by atoms with Crippen LogP contribution in [0.5, 0.6) is 0 Å². The van der Waals surface area contributed by atoms with Crippen molar-refractivity contribution < 1.29 is 39.0 Å². The second-order valence-corrected chi connectivity index (χ2v) is 14.0. The lowest BCUT2D eigenvalue weighted by molar-refractivity contribution is -0.314. The van der Waals surface area contributed by atoms with E-state index in [2.05, 4.69) is 13.8 Å². The van der Waals surface area contributed by atoms with Crippen molar-refractivity contribution in [3.05, 3.63) is 0 Å². The zero-order valence-electron chi connectivity index (χ0n) is 25.1. The van der Waals surface area contributed by atoms with Gasteiger partial charge in [-0.1, -0.05) is 112 Å². The van der Waals surface area contributed by atoms with Gasteiger partial charge in [-0.2, -0.15) is 0 Å². The molecular formula is C30H46N2O8S2-2. The van der Waals surface area contributed by atoms with Crippen molar-refractivity contribution in [1.29, 1.82) is 0 Å². The van der Waals surface area contributed by atoms with Crippen LogP contribution in [0.25, 0.3) is 0 Å². The monoisotopic (exact) mass is 626 g/mol. The second kappa shape index (κ2) is 17.9. The van der Waals surface area contributed by atoms with Crippen LogP contribution >= 0.6 is 21.6 Å². The minimum absolute atomic E-state index is 0.138. The maximum Gasteiger partial charge on any atom is 0.231 e. The fourth-order valence-corrected chi connectivity index (χ4v) is 9.18. The molecule has 2 rings (SSSR count). The average molecular weight is 627 g/mol. The van der Waals surface area contributed by atoms with Crippen LogP contribution in [0.1, 0.15) is 142 Å². The zero-order chi connectivity index (χ0) is 31.2. The molecule has 2 aliphatic heterocycles. The van der Waals surface area contributed by atoms with Gasteiger partial charge in [0.05, 0.1) is 11.9 Å². The Balaban J connectivity index is 2.34. The Labute approximate surface area is 257 Å². The van der Waals surface area contributed by atoms with Crippen LogP contribution in [0.3, 0.4) is 0 Å². The van der Waals surface area contributed by atoms with Crippen LogP contribution in [0.2, 0.25) is 0 Å². The SMILES string of the molecule is CCCCCCCCCC(SSC(CCCCCCCCC)(C(=O)[O-])N1C(=O)CCC1=O)(C(=O)[O-])N1C(=O)CCC1=O. The standard InChI is InChI=1S/C30H48N2O8S2/c1-3-5-7-9-11-13-15-21-29(27(37)38,31-23(33)17-18-24(31)34)41-42-30(28(39)40,32-25(35)19-20-26(32)36)22-16-14-12-10-8-6-4-2/h3-22H2,1-2H3,(H,37,38)(H,39,40)/p-2. The van der Waals surface area contributed by atoms with Gasteiger partial charge in [-0.15, -0.1) is 0 Å². The highest BCUT2D eigenvalue weighted by Crippen LogP contribution is 2.52. The lowest BCUT2D eigenvalue weighted by Crippen LogP contribution is -2.62. The maximum absolute atomic E-state index is 12.8. The van der Waals surface area contributed by atoms with Crippen LogP contribution in [-0.4, -0.2) is 55.1 Å². The number of amides is 4. The summed E-state index contributed by atoms with van der Waals surface area (Å²) in [4.78, 5) is 74.0. The summed E-state index contributed by atoms with van der Waals surface area (Å²) in [6, 6.07) is 0. The molecule has 0 saturated carbocycles.